The summed E-state index contributed by atoms with van der Waals surface area (Å²) in [5, 5.41) is 7.41. The van der Waals surface area contributed by atoms with Crippen LogP contribution in [0.2, 0.25) is 5.15 Å². The zero-order valence-electron chi connectivity index (χ0n) is 18.6. The number of likely N-dealkylation sites (tertiary alicyclic amines) is 1. The molecule has 0 spiro atoms. The van der Waals surface area contributed by atoms with Gasteiger partial charge in [0.15, 0.2) is 0 Å². The van der Waals surface area contributed by atoms with Gasteiger partial charge in [-0.3, -0.25) is 4.79 Å². The van der Waals surface area contributed by atoms with Crippen molar-refractivity contribution in [3.63, 3.8) is 0 Å². The molecule has 0 aliphatic carbocycles. The molecule has 1 fully saturated rings. The third-order valence-electron chi connectivity index (χ3n) is 4.90. The van der Waals surface area contributed by atoms with Crippen molar-refractivity contribution in [3.8, 4) is 0 Å². The number of amidine groups is 1. The number of nitrogens with one attached hydrogen (secondary N) is 1. The van der Waals surface area contributed by atoms with Crippen molar-refractivity contribution in [2.45, 2.75) is 22.8 Å². The summed E-state index contributed by atoms with van der Waals surface area (Å²) in [4.78, 5) is 31.4. The van der Waals surface area contributed by atoms with Gasteiger partial charge in [0.05, 0.1) is 10.2 Å². The maximum absolute atomic E-state index is 12.8. The number of carboxylic acid groups (broad SMARTS) is 1. The number of hydrogen-bond donors (Lipinski definition) is 3. The summed E-state index contributed by atoms with van der Waals surface area (Å²) in [6.07, 6.45) is -4.73. The number of carbonyl (C=O) groups is 2. The second kappa shape index (κ2) is 11.4. The zero-order valence-corrected chi connectivity index (χ0v) is 21.0. The lowest BCUT2D eigenvalue weighted by molar-refractivity contribution is -0.192. The van der Waals surface area contributed by atoms with Crippen molar-refractivity contribution in [3.05, 3.63) is 59.2 Å². The van der Waals surface area contributed by atoms with Crippen LogP contribution >= 0.6 is 22.9 Å². The lowest BCUT2D eigenvalue weighted by Crippen LogP contribution is -2.41. The van der Waals surface area contributed by atoms with E-state index in [9.17, 15) is 26.4 Å². The van der Waals surface area contributed by atoms with E-state index in [1.54, 1.807) is 12.1 Å². The number of nitrogens with zero attached hydrogens (tertiary/aromatic N) is 3. The number of nitrogens with two attached hydrogens (primary N) is 1. The molecule has 1 aromatic carbocycles. The van der Waals surface area contributed by atoms with Gasteiger partial charge in [0.25, 0.3) is 10.0 Å². The van der Waals surface area contributed by atoms with Gasteiger partial charge < -0.3 is 15.7 Å². The normalized spacial score (nSPS) is 16.5. The van der Waals surface area contributed by atoms with E-state index >= 15 is 0 Å². The van der Waals surface area contributed by atoms with E-state index in [1.165, 1.54) is 11.0 Å². The molecule has 0 unspecified atom stereocenters. The van der Waals surface area contributed by atoms with Gasteiger partial charge in [-0.15, -0.1) is 11.3 Å². The van der Waals surface area contributed by atoms with Crippen molar-refractivity contribution in [1.29, 1.82) is 0 Å². The molecular formula is C21H19ClF3N5O5S2. The van der Waals surface area contributed by atoms with Crippen LogP contribution in [0.4, 0.5) is 13.2 Å². The van der Waals surface area contributed by atoms with E-state index in [0.29, 0.717) is 29.0 Å². The molecule has 3 aromatic rings. The number of pyridine rings is 1. The average Bonchev–Trinajstić information content (AvgIpc) is 3.41. The Balaban J connectivity index is 0.000000479. The molecule has 4 N–H and O–H groups in total. The number of alkyl halides is 3. The fourth-order valence-corrected chi connectivity index (χ4v) is 5.82. The Hall–Kier alpha value is -3.27. The number of halogens is 4. The minimum absolute atomic E-state index is 0.0725. The molecule has 1 saturated heterocycles. The minimum Gasteiger partial charge on any atom is -0.475 e. The van der Waals surface area contributed by atoms with Crippen LogP contribution < -0.4 is 10.5 Å². The highest BCUT2D eigenvalue weighted by molar-refractivity contribution is 7.91. The highest BCUT2D eigenvalue weighted by Gasteiger charge is 2.38. The molecule has 1 aliphatic heterocycles. The standard InChI is InChI=1S/C19H18ClN5O3S2.C2HF3O2/c20-16-7-6-15-14(23-16)10-17(29-15)30(27,28)24-13-8-9-25(19(13)26)11-22-18(21)12-4-2-1-3-5-12;3-2(4,5)1(6)7/h1-7,10,13,24H,8-9,11H2,(H2,21,22);(H,6,7)/t13-;/m0./s1. The van der Waals surface area contributed by atoms with Crippen LogP contribution in [0.25, 0.3) is 10.2 Å². The Bertz CT molecular complexity index is 1430. The lowest BCUT2D eigenvalue weighted by Gasteiger charge is -2.15. The number of sulfonamides is 1. The molecule has 3 heterocycles. The second-order valence-electron chi connectivity index (χ2n) is 7.50. The number of rotatable bonds is 6. The Labute approximate surface area is 217 Å². The van der Waals surface area contributed by atoms with Crippen molar-refractivity contribution < 1.29 is 36.3 Å². The number of fused-ring (bicyclic) bond motifs is 1. The SMILES string of the molecule is NC(=NCN1CC[C@H](NS(=O)(=O)c2cc3nc(Cl)ccc3s2)C1=O)c1ccccc1.O=C(O)C(F)(F)F. The molecule has 0 radical (unpaired) electrons. The van der Waals surface area contributed by atoms with Crippen molar-refractivity contribution in [2.75, 3.05) is 13.2 Å². The number of benzene rings is 1. The smallest absolute Gasteiger partial charge is 0.475 e. The van der Waals surface area contributed by atoms with E-state index in [0.717, 1.165) is 16.9 Å². The maximum atomic E-state index is 12.8. The number of aliphatic carboxylic acids is 1. The summed E-state index contributed by atoms with van der Waals surface area (Å²) in [6, 6.07) is 13.2. The number of aromatic nitrogens is 1. The van der Waals surface area contributed by atoms with Crippen LogP contribution in [0, 0.1) is 0 Å². The monoisotopic (exact) mass is 577 g/mol. The van der Waals surface area contributed by atoms with Crippen molar-refractivity contribution in [2.24, 2.45) is 10.7 Å². The number of aliphatic imine (C=N–C) groups is 1. The fraction of sp³-hybridized carbons (Fsp3) is 0.238. The minimum atomic E-state index is -5.08. The third-order valence-corrected chi connectivity index (χ3v) is 8.15. The molecule has 37 heavy (non-hydrogen) atoms. The summed E-state index contributed by atoms with van der Waals surface area (Å²) in [5.74, 6) is -2.76. The summed E-state index contributed by atoms with van der Waals surface area (Å²) < 4.78 is 60.6. The van der Waals surface area contributed by atoms with Crippen LogP contribution in [-0.2, 0) is 19.6 Å². The van der Waals surface area contributed by atoms with E-state index in [1.807, 2.05) is 30.3 Å². The Morgan fingerprint density at radius 1 is 1.27 bits per heavy atom. The Morgan fingerprint density at radius 2 is 1.92 bits per heavy atom. The van der Waals surface area contributed by atoms with Gasteiger partial charge in [0.1, 0.15) is 27.9 Å². The number of thiophene rings is 1. The molecular weight excluding hydrogens is 559 g/mol. The topological polar surface area (TPSA) is 155 Å². The molecule has 10 nitrogen and oxygen atoms in total. The van der Waals surface area contributed by atoms with Gasteiger partial charge in [-0.25, -0.2) is 23.2 Å². The highest BCUT2D eigenvalue weighted by Crippen LogP contribution is 2.29. The Kier molecular flexibility index (Phi) is 8.73. The first kappa shape index (κ1) is 28.3. The van der Waals surface area contributed by atoms with Crippen LogP contribution in [-0.4, -0.2) is 66.6 Å². The molecule has 4 rings (SSSR count). The predicted molar refractivity (Wildman–Crippen MR) is 131 cm³/mol. The number of amides is 1. The molecule has 1 amide bonds. The average molecular weight is 578 g/mol. The van der Waals surface area contributed by atoms with E-state index < -0.39 is 28.2 Å². The number of carbonyl (C=O) groups excluding carboxylic acids is 1. The predicted octanol–water partition coefficient (Wildman–Crippen LogP) is 2.83. The fourth-order valence-electron chi connectivity index (χ4n) is 3.10. The number of carboxylic acids is 1. The molecule has 198 valence electrons. The first-order valence-electron chi connectivity index (χ1n) is 10.3. The highest BCUT2D eigenvalue weighted by atomic mass is 35.5. The zero-order chi connectivity index (χ0) is 27.4. The van der Waals surface area contributed by atoms with Gasteiger partial charge in [-0.1, -0.05) is 41.9 Å². The third kappa shape index (κ3) is 7.38. The van der Waals surface area contributed by atoms with Gasteiger partial charge >= 0.3 is 12.1 Å². The van der Waals surface area contributed by atoms with Gasteiger partial charge in [0.2, 0.25) is 5.91 Å². The first-order chi connectivity index (χ1) is 17.3. The quantitative estimate of drug-likeness (QED) is 0.231. The van der Waals surface area contributed by atoms with Crippen LogP contribution in [0.1, 0.15) is 12.0 Å². The summed E-state index contributed by atoms with van der Waals surface area (Å²) in [6.45, 7) is 0.463. The molecule has 0 bridgehead atoms. The van der Waals surface area contributed by atoms with E-state index in [-0.39, 0.29) is 21.9 Å². The number of hydrogen-bond acceptors (Lipinski definition) is 7. The molecule has 2 aromatic heterocycles. The van der Waals surface area contributed by atoms with Gasteiger partial charge in [0, 0.05) is 12.1 Å². The molecule has 1 aliphatic rings. The van der Waals surface area contributed by atoms with Crippen molar-refractivity contribution in [1.82, 2.24) is 14.6 Å². The largest absolute Gasteiger partial charge is 0.490 e. The van der Waals surface area contributed by atoms with Crippen LogP contribution in [0.3, 0.4) is 0 Å². The summed E-state index contributed by atoms with van der Waals surface area (Å²) in [7, 11) is -3.87. The second-order valence-corrected chi connectivity index (χ2v) is 10.9. The molecule has 0 saturated carbocycles. The van der Waals surface area contributed by atoms with Gasteiger partial charge in [-0.05, 0) is 24.6 Å². The van der Waals surface area contributed by atoms with E-state index in [2.05, 4.69) is 14.7 Å². The molecule has 1 atom stereocenters. The lowest BCUT2D eigenvalue weighted by atomic mass is 10.2. The van der Waals surface area contributed by atoms with Crippen LogP contribution in [0.5, 0.6) is 0 Å². The Morgan fingerprint density at radius 3 is 2.54 bits per heavy atom. The van der Waals surface area contributed by atoms with Crippen LogP contribution in [0.15, 0.2) is 57.7 Å². The molecule has 16 heteroatoms. The summed E-state index contributed by atoms with van der Waals surface area (Å²) >= 11 is 6.94. The summed E-state index contributed by atoms with van der Waals surface area (Å²) in [5.41, 5.74) is 7.23. The maximum Gasteiger partial charge on any atom is 0.490 e. The van der Waals surface area contributed by atoms with Gasteiger partial charge in [-0.2, -0.15) is 17.9 Å². The first-order valence-corrected chi connectivity index (χ1v) is 13.0. The van der Waals surface area contributed by atoms with Crippen molar-refractivity contribution >= 4 is 60.9 Å². The van der Waals surface area contributed by atoms with E-state index in [4.69, 9.17) is 27.2 Å².